The lowest BCUT2D eigenvalue weighted by atomic mass is 10.1. The van der Waals surface area contributed by atoms with Crippen molar-refractivity contribution in [3.05, 3.63) is 82.0 Å². The van der Waals surface area contributed by atoms with E-state index in [1.807, 2.05) is 12.1 Å². The number of carboxylic acid groups (broad SMARTS) is 1. The van der Waals surface area contributed by atoms with E-state index in [0.29, 0.717) is 25.1 Å². The van der Waals surface area contributed by atoms with Gasteiger partial charge in [0, 0.05) is 31.0 Å². The fourth-order valence-electron chi connectivity index (χ4n) is 4.19. The Bertz CT molecular complexity index is 1520. The lowest BCUT2D eigenvalue weighted by molar-refractivity contribution is -0.137. The quantitative estimate of drug-likeness (QED) is 0.268. The molecular formula is C26H25ClF3N3O7S. The molecule has 4 rings (SSSR count). The number of amides is 1. The first-order valence-corrected chi connectivity index (χ1v) is 14.0. The minimum absolute atomic E-state index is 0.0430. The molecule has 1 atom stereocenters. The summed E-state index contributed by atoms with van der Waals surface area (Å²) < 4.78 is 84.5. The molecule has 0 spiro atoms. The van der Waals surface area contributed by atoms with Crippen molar-refractivity contribution in [2.75, 3.05) is 20.3 Å². The third-order valence-corrected chi connectivity index (χ3v) is 7.90. The average molecular weight is 616 g/mol. The van der Waals surface area contributed by atoms with Gasteiger partial charge in [-0.2, -0.15) is 30.6 Å². The van der Waals surface area contributed by atoms with Crippen LogP contribution in [-0.4, -0.2) is 49.2 Å². The van der Waals surface area contributed by atoms with Crippen LogP contribution < -0.4 is 14.2 Å². The van der Waals surface area contributed by atoms with Crippen molar-refractivity contribution in [3.8, 4) is 17.4 Å². The average Bonchev–Trinajstić information content (AvgIpc) is 3.30. The standard InChI is InChI=1S/C26H25ClF3N3O7S/c1-38-10-11-39-19-8-6-17(23(13-19)40-24-21(27)12-18(14-31-24)26(28,29)30)15-33(25(34)35)41(36,37)32-22-9-7-16-4-2-3-5-20(16)22/h2-6,8,12-14,22,32H,7,9-11,15H2,1H3,(H,34,35). The first-order valence-electron chi connectivity index (χ1n) is 12.1. The first kappa shape index (κ1) is 30.4. The molecular weight excluding hydrogens is 591 g/mol. The van der Waals surface area contributed by atoms with Crippen LogP contribution in [0.15, 0.2) is 54.7 Å². The molecule has 1 unspecified atom stereocenters. The molecule has 1 aliphatic rings. The largest absolute Gasteiger partial charge is 0.491 e. The molecule has 1 heterocycles. The molecule has 1 amide bonds. The highest BCUT2D eigenvalue weighted by Crippen LogP contribution is 2.37. The van der Waals surface area contributed by atoms with Gasteiger partial charge in [0.25, 0.3) is 0 Å². The number of aromatic nitrogens is 1. The van der Waals surface area contributed by atoms with Crippen LogP contribution in [-0.2, 0) is 34.1 Å². The van der Waals surface area contributed by atoms with Gasteiger partial charge in [0.05, 0.1) is 18.7 Å². The van der Waals surface area contributed by atoms with Crippen molar-refractivity contribution < 1.29 is 45.7 Å². The van der Waals surface area contributed by atoms with Crippen LogP contribution in [0.4, 0.5) is 18.0 Å². The summed E-state index contributed by atoms with van der Waals surface area (Å²) in [7, 11) is -3.11. The lowest BCUT2D eigenvalue weighted by Gasteiger charge is -2.24. The van der Waals surface area contributed by atoms with Crippen molar-refractivity contribution in [1.82, 2.24) is 14.0 Å². The first-order chi connectivity index (χ1) is 19.4. The molecule has 0 aliphatic heterocycles. The Kier molecular flexibility index (Phi) is 9.27. The predicted molar refractivity (Wildman–Crippen MR) is 141 cm³/mol. The molecule has 41 heavy (non-hydrogen) atoms. The van der Waals surface area contributed by atoms with Gasteiger partial charge in [0.15, 0.2) is 0 Å². The van der Waals surface area contributed by atoms with Crippen LogP contribution in [0.1, 0.15) is 34.7 Å². The van der Waals surface area contributed by atoms with Crippen molar-refractivity contribution in [2.45, 2.75) is 31.6 Å². The number of fused-ring (bicyclic) bond motifs is 1. The van der Waals surface area contributed by atoms with E-state index in [-0.39, 0.29) is 34.6 Å². The number of nitrogens with zero attached hydrogens (tertiary/aromatic N) is 2. The maximum atomic E-state index is 13.3. The fraction of sp³-hybridized carbons (Fsp3) is 0.308. The van der Waals surface area contributed by atoms with Gasteiger partial charge in [-0.15, -0.1) is 0 Å². The maximum Gasteiger partial charge on any atom is 0.422 e. The van der Waals surface area contributed by atoms with Crippen LogP contribution in [0, 0.1) is 0 Å². The van der Waals surface area contributed by atoms with Gasteiger partial charge in [-0.3, -0.25) is 0 Å². The Labute approximate surface area is 238 Å². The summed E-state index contributed by atoms with van der Waals surface area (Å²) in [4.78, 5) is 15.8. The lowest BCUT2D eigenvalue weighted by Crippen LogP contribution is -2.44. The third-order valence-electron chi connectivity index (χ3n) is 6.18. The molecule has 1 aromatic heterocycles. The number of aryl methyl sites for hydroxylation is 1. The Morgan fingerprint density at radius 1 is 1.20 bits per heavy atom. The summed E-state index contributed by atoms with van der Waals surface area (Å²) in [5, 5.41) is 9.38. The van der Waals surface area contributed by atoms with E-state index in [2.05, 4.69) is 9.71 Å². The van der Waals surface area contributed by atoms with E-state index in [9.17, 15) is 31.5 Å². The Morgan fingerprint density at radius 3 is 2.63 bits per heavy atom. The molecule has 2 aromatic carbocycles. The SMILES string of the molecule is COCCOc1ccc(CN(C(=O)O)S(=O)(=O)NC2CCc3ccccc32)c(Oc2ncc(C(F)(F)F)cc2Cl)c1. The normalized spacial score (nSPS) is 14.9. The predicted octanol–water partition coefficient (Wildman–Crippen LogP) is 5.57. The van der Waals surface area contributed by atoms with Crippen molar-refractivity contribution in [3.63, 3.8) is 0 Å². The number of hydrogen-bond donors (Lipinski definition) is 2. The van der Waals surface area contributed by atoms with Gasteiger partial charge in [0.1, 0.15) is 23.1 Å². The molecule has 0 radical (unpaired) electrons. The Balaban J connectivity index is 1.64. The number of benzene rings is 2. The number of alkyl halides is 3. The van der Waals surface area contributed by atoms with Crippen molar-refractivity contribution in [1.29, 1.82) is 0 Å². The van der Waals surface area contributed by atoms with Gasteiger partial charge < -0.3 is 19.3 Å². The van der Waals surface area contributed by atoms with Gasteiger partial charge in [-0.1, -0.05) is 35.9 Å². The van der Waals surface area contributed by atoms with Gasteiger partial charge in [-0.05, 0) is 42.2 Å². The molecule has 2 N–H and O–H groups in total. The molecule has 0 fully saturated rings. The number of pyridine rings is 1. The maximum absolute atomic E-state index is 13.3. The molecule has 3 aromatic rings. The smallest absolute Gasteiger partial charge is 0.422 e. The zero-order valence-electron chi connectivity index (χ0n) is 21.5. The van der Waals surface area contributed by atoms with Gasteiger partial charge in [-0.25, -0.2) is 9.78 Å². The van der Waals surface area contributed by atoms with Crippen LogP contribution in [0.5, 0.6) is 17.4 Å². The van der Waals surface area contributed by atoms with E-state index >= 15 is 0 Å². The molecule has 0 saturated carbocycles. The van der Waals surface area contributed by atoms with E-state index < -0.39 is 51.5 Å². The number of nitrogens with one attached hydrogen (secondary N) is 1. The highest BCUT2D eigenvalue weighted by Gasteiger charge is 2.34. The topological polar surface area (TPSA) is 127 Å². The van der Waals surface area contributed by atoms with Crippen molar-refractivity contribution in [2.24, 2.45) is 0 Å². The zero-order valence-corrected chi connectivity index (χ0v) is 23.1. The van der Waals surface area contributed by atoms with Crippen molar-refractivity contribution >= 4 is 27.9 Å². The van der Waals surface area contributed by atoms with Crippen LogP contribution in [0.2, 0.25) is 5.02 Å². The summed E-state index contributed by atoms with van der Waals surface area (Å²) in [5.41, 5.74) is 0.657. The van der Waals surface area contributed by atoms with E-state index in [0.717, 1.165) is 11.1 Å². The third kappa shape index (κ3) is 7.38. The van der Waals surface area contributed by atoms with Gasteiger partial charge in [0.2, 0.25) is 5.88 Å². The number of ether oxygens (including phenoxy) is 3. The van der Waals surface area contributed by atoms with E-state index in [1.165, 1.54) is 25.3 Å². The monoisotopic (exact) mass is 615 g/mol. The van der Waals surface area contributed by atoms with Crippen LogP contribution in [0.25, 0.3) is 0 Å². The number of halogens is 4. The molecule has 15 heteroatoms. The summed E-state index contributed by atoms with van der Waals surface area (Å²) in [6.07, 6.45) is -4.86. The minimum atomic E-state index is -4.70. The highest BCUT2D eigenvalue weighted by molar-refractivity contribution is 7.87. The summed E-state index contributed by atoms with van der Waals surface area (Å²) in [5.74, 6) is -0.323. The van der Waals surface area contributed by atoms with E-state index in [1.54, 1.807) is 12.1 Å². The molecule has 220 valence electrons. The molecule has 0 bridgehead atoms. The fourth-order valence-corrected chi connectivity index (χ4v) is 5.64. The highest BCUT2D eigenvalue weighted by atomic mass is 35.5. The number of hydrogen-bond acceptors (Lipinski definition) is 7. The number of carbonyl (C=O) groups is 1. The van der Waals surface area contributed by atoms with E-state index in [4.69, 9.17) is 25.8 Å². The van der Waals surface area contributed by atoms with Crippen LogP contribution in [0.3, 0.4) is 0 Å². The minimum Gasteiger partial charge on any atom is -0.491 e. The second-order valence-corrected chi connectivity index (χ2v) is 11.0. The molecule has 0 saturated heterocycles. The zero-order chi connectivity index (χ0) is 29.8. The molecule has 10 nitrogen and oxygen atoms in total. The Morgan fingerprint density at radius 2 is 1.95 bits per heavy atom. The molecule has 1 aliphatic carbocycles. The summed E-state index contributed by atoms with van der Waals surface area (Å²) in [6, 6.07) is 11.4. The van der Waals surface area contributed by atoms with Gasteiger partial charge >= 0.3 is 22.5 Å². The number of methoxy groups -OCH3 is 1. The summed E-state index contributed by atoms with van der Waals surface area (Å²) in [6.45, 7) is -0.326. The second kappa shape index (κ2) is 12.5. The van der Waals surface area contributed by atoms with Crippen LogP contribution >= 0.6 is 11.6 Å². The Hall–Kier alpha value is -3.59. The summed E-state index contributed by atoms with van der Waals surface area (Å²) >= 11 is 6.00. The number of rotatable bonds is 11. The second-order valence-electron chi connectivity index (χ2n) is 8.92.